The SMILES string of the molecule is BPBI. The van der Waals surface area contributed by atoms with Crippen LogP contribution in [-0.2, 0) is 0 Å². The molecule has 0 aliphatic heterocycles. The lowest BCUT2D eigenvalue weighted by Gasteiger charge is -1.62. The summed E-state index contributed by atoms with van der Waals surface area (Å²) < 4.78 is 0. The summed E-state index contributed by atoms with van der Waals surface area (Å²) in [4.78, 5) is 1.32. The van der Waals surface area contributed by atoms with Crippen molar-refractivity contribution in [2.75, 3.05) is 0 Å². The quantitative estimate of drug-likeness (QED) is 0.303. The highest BCUT2D eigenvalue weighted by molar-refractivity contribution is 14.1. The lowest BCUT2D eigenvalue weighted by molar-refractivity contribution is 4.77. The molecule has 1 unspecified atom stereocenters. The summed E-state index contributed by atoms with van der Waals surface area (Å²) in [6.07, 6.45) is 0. The Morgan fingerprint density at radius 1 is 2.00 bits per heavy atom. The average molecular weight is 184 g/mol. The Hall–Kier alpha value is 1.29. The Kier molecular flexibility index (Phi) is 5.67. The zero-order valence-electron chi connectivity index (χ0n) is 2.59. The van der Waals surface area contributed by atoms with Crippen molar-refractivity contribution in [3.8, 4) is 0 Å². The first-order chi connectivity index (χ1) is 1.91. The van der Waals surface area contributed by atoms with Crippen LogP contribution >= 0.6 is 30.7 Å². The first kappa shape index (κ1) is 5.29. The zero-order valence-corrected chi connectivity index (χ0v) is 5.74. The van der Waals surface area contributed by atoms with Gasteiger partial charge in [0.05, 0.1) is 0 Å². The monoisotopic (exact) mass is 184 g/mol. The summed E-state index contributed by atoms with van der Waals surface area (Å²) in [5, 5.41) is 0. The van der Waals surface area contributed by atoms with Crippen molar-refractivity contribution in [1.29, 1.82) is 0 Å². The highest BCUT2D eigenvalue weighted by atomic mass is 127. The highest BCUT2D eigenvalue weighted by Gasteiger charge is 1.64. The summed E-state index contributed by atoms with van der Waals surface area (Å²) in [6, 6.07) is 0. The molecule has 22 valence electrons. The normalized spacial score (nSPS) is 9.25. The van der Waals surface area contributed by atoms with Crippen molar-refractivity contribution in [2.24, 2.45) is 0 Å². The molecule has 0 aromatic heterocycles. The molecule has 0 aliphatic rings. The molecule has 0 aliphatic carbocycles. The molecule has 0 radical (unpaired) electrons. The van der Waals surface area contributed by atoms with Crippen LogP contribution in [0.2, 0.25) is 0 Å². The molecule has 0 N–H and O–H groups in total. The van der Waals surface area contributed by atoms with Gasteiger partial charge in [0.25, 0.3) is 0 Å². The highest BCUT2D eigenvalue weighted by Crippen LogP contribution is 1.98. The molecule has 0 aromatic rings. The van der Waals surface area contributed by atoms with Gasteiger partial charge in [-0.3, -0.25) is 0 Å². The van der Waals surface area contributed by atoms with Crippen LogP contribution in [0.4, 0.5) is 0 Å². The van der Waals surface area contributed by atoms with Gasteiger partial charge in [-0.2, -0.15) is 8.34 Å². The summed E-state index contributed by atoms with van der Waals surface area (Å²) >= 11 is 2.36. The summed E-state index contributed by atoms with van der Waals surface area (Å²) in [6.45, 7) is 0. The third kappa shape index (κ3) is 3.29. The smallest absolute Gasteiger partial charge is 0.187 e. The predicted octanol–water partition coefficient (Wildman–Crippen LogP) is -0.0855. The minimum Gasteiger partial charge on any atom is -0.187 e. The Bertz CT molecular complexity index is 8.00. The summed E-state index contributed by atoms with van der Waals surface area (Å²) in [5.41, 5.74) is 0. The van der Waals surface area contributed by atoms with E-state index in [0.717, 1.165) is 8.34 Å². The second-order valence-electron chi connectivity index (χ2n) is 0.487. The van der Waals surface area contributed by atoms with Crippen molar-refractivity contribution in [1.82, 2.24) is 0 Å². The maximum Gasteiger partial charge on any atom is 0.216 e. The van der Waals surface area contributed by atoms with E-state index in [1.807, 2.05) is 0 Å². The molecule has 4 heavy (non-hydrogen) atoms. The topological polar surface area (TPSA) is 0 Å². The van der Waals surface area contributed by atoms with Gasteiger partial charge >= 0.3 is 0 Å². The van der Waals surface area contributed by atoms with Gasteiger partial charge in [0, 0.05) is 0 Å². The molecule has 0 rings (SSSR count). The van der Waals surface area contributed by atoms with E-state index >= 15 is 0 Å². The van der Waals surface area contributed by atoms with E-state index in [2.05, 4.69) is 29.9 Å². The molecule has 0 fully saturated rings. The number of halogens is 1. The lowest BCUT2D eigenvalue weighted by Crippen LogP contribution is -1.49. The maximum absolute atomic E-state index is 2.36. The number of hydrogen-bond acceptors (Lipinski definition) is 0. The molecule has 1 atom stereocenters. The minimum absolute atomic E-state index is 1.13. The van der Waals surface area contributed by atoms with E-state index in [1.54, 1.807) is 0 Å². The van der Waals surface area contributed by atoms with Crippen molar-refractivity contribution in [3.05, 3.63) is 0 Å². The van der Waals surface area contributed by atoms with Gasteiger partial charge in [-0.15, -0.1) is 22.4 Å². The molecular weight excluding hydrogens is 180 g/mol. The second kappa shape index (κ2) is 4.29. The Morgan fingerprint density at radius 3 is 2.25 bits per heavy atom. The van der Waals surface area contributed by atoms with Crippen LogP contribution in [0.1, 0.15) is 0 Å². The molecule has 0 aromatic carbocycles. The van der Waals surface area contributed by atoms with Gasteiger partial charge in [0.15, 0.2) is 0 Å². The van der Waals surface area contributed by atoms with Crippen LogP contribution in [-0.4, -0.2) is 12.4 Å². The van der Waals surface area contributed by atoms with Crippen molar-refractivity contribution < 1.29 is 0 Å². The zero-order chi connectivity index (χ0) is 3.41. The van der Waals surface area contributed by atoms with Crippen molar-refractivity contribution in [3.63, 3.8) is 0 Å². The Morgan fingerprint density at radius 2 is 2.25 bits per heavy atom. The van der Waals surface area contributed by atoms with Gasteiger partial charge < -0.3 is 0 Å². The summed E-state index contributed by atoms with van der Waals surface area (Å²) in [5.74, 6) is 0. The summed E-state index contributed by atoms with van der Waals surface area (Å²) in [7, 11) is 3.33. The minimum atomic E-state index is 1.13. The molecule has 4 heteroatoms. The number of rotatable bonds is 1. The van der Waals surface area contributed by atoms with E-state index in [9.17, 15) is 0 Å². The van der Waals surface area contributed by atoms with E-state index in [4.69, 9.17) is 0 Å². The van der Waals surface area contributed by atoms with Gasteiger partial charge in [0.2, 0.25) is 4.86 Å². The Labute approximate surface area is 43.3 Å². The van der Waals surface area contributed by atoms with Gasteiger partial charge in [0.1, 0.15) is 7.57 Å². The van der Waals surface area contributed by atoms with Gasteiger partial charge in [-0.1, -0.05) is 0 Å². The van der Waals surface area contributed by atoms with E-state index in [-0.39, 0.29) is 0 Å². The first-order valence-electron chi connectivity index (χ1n) is 1.12. The van der Waals surface area contributed by atoms with Crippen LogP contribution in [0.25, 0.3) is 0 Å². The van der Waals surface area contributed by atoms with Crippen LogP contribution < -0.4 is 0 Å². The average Bonchev–Trinajstić information content (AvgIpc) is 1.37. The second-order valence-corrected chi connectivity index (χ2v) is 3.75. The molecule has 0 saturated heterocycles. The fourth-order valence-corrected chi connectivity index (χ4v) is 0. The molecule has 0 heterocycles. The standard InChI is InChI=1S/B2H4IP/c1-4-2-3/h2,4H,1H2. The van der Waals surface area contributed by atoms with E-state index < -0.39 is 0 Å². The first-order valence-corrected chi connectivity index (χ1v) is 4.35. The third-order valence-electron chi connectivity index (χ3n) is 0.134. The number of hydrogen-bond donors (Lipinski definition) is 0. The van der Waals surface area contributed by atoms with Gasteiger partial charge in [-0.05, 0) is 0 Å². The van der Waals surface area contributed by atoms with E-state index in [0.29, 0.717) is 0 Å². The third-order valence-corrected chi connectivity index (χ3v) is 2.69. The van der Waals surface area contributed by atoms with Crippen LogP contribution in [0.3, 0.4) is 0 Å². The Balaban J connectivity index is 1.97. The maximum atomic E-state index is 2.36. The van der Waals surface area contributed by atoms with E-state index in [1.165, 1.54) is 4.86 Å². The van der Waals surface area contributed by atoms with Gasteiger partial charge in [-0.25, -0.2) is 0 Å². The lowest BCUT2D eigenvalue weighted by atomic mass is 10.7. The molecule has 0 bridgehead atoms. The molecule has 0 spiro atoms. The van der Waals surface area contributed by atoms with Crippen molar-refractivity contribution >= 4 is 43.1 Å². The molecule has 0 nitrogen and oxygen atoms in total. The fraction of sp³-hybridized carbons (Fsp3) is 0. The molecular formula is H4B2IP. The van der Waals surface area contributed by atoms with Crippen molar-refractivity contribution in [2.45, 2.75) is 0 Å². The predicted molar refractivity (Wildman–Crippen MR) is 38.0 cm³/mol. The molecule has 0 amide bonds. The largest absolute Gasteiger partial charge is 0.216 e. The fourth-order valence-electron chi connectivity index (χ4n) is 0. The van der Waals surface area contributed by atoms with Crippen LogP contribution in [0.15, 0.2) is 0 Å². The van der Waals surface area contributed by atoms with Crippen LogP contribution in [0, 0.1) is 0 Å². The molecule has 0 saturated carbocycles. The van der Waals surface area contributed by atoms with Crippen LogP contribution in [0.5, 0.6) is 0 Å².